The molecule has 2 nitrogen and oxygen atoms in total. The first kappa shape index (κ1) is 15.1. The fraction of sp³-hybridized carbons (Fsp3) is 0.842. The molecule has 4 saturated carbocycles. The maximum Gasteiger partial charge on any atom is 0.330 e. The van der Waals surface area contributed by atoms with E-state index >= 15 is 0 Å². The third-order valence-corrected chi connectivity index (χ3v) is 6.30. The number of ether oxygens (including phenoxy) is 1. The Morgan fingerprint density at radius 2 is 1.71 bits per heavy atom. The second kappa shape index (κ2) is 5.78. The Morgan fingerprint density at radius 3 is 2.14 bits per heavy atom. The Hall–Kier alpha value is -0.790. The van der Waals surface area contributed by atoms with E-state index in [4.69, 9.17) is 4.74 Å². The zero-order valence-corrected chi connectivity index (χ0v) is 13.6. The summed E-state index contributed by atoms with van der Waals surface area (Å²) in [6, 6.07) is 0. The number of hydrogen-bond acceptors (Lipinski definition) is 2. The maximum atomic E-state index is 11.5. The van der Waals surface area contributed by atoms with Gasteiger partial charge >= 0.3 is 5.97 Å². The van der Waals surface area contributed by atoms with E-state index in [-0.39, 0.29) is 5.97 Å². The monoisotopic (exact) mass is 290 g/mol. The van der Waals surface area contributed by atoms with Gasteiger partial charge in [-0.05, 0) is 80.0 Å². The van der Waals surface area contributed by atoms with Crippen molar-refractivity contribution in [2.45, 2.75) is 58.8 Å². The highest BCUT2D eigenvalue weighted by molar-refractivity contribution is 5.81. The predicted octanol–water partition coefficient (Wildman–Crippen LogP) is 4.59. The molecule has 4 rings (SSSR count). The van der Waals surface area contributed by atoms with Gasteiger partial charge in [0.1, 0.15) is 0 Å². The molecule has 0 aromatic rings. The zero-order valence-electron chi connectivity index (χ0n) is 13.6. The predicted molar refractivity (Wildman–Crippen MR) is 84.7 cm³/mol. The zero-order chi connectivity index (χ0) is 15.0. The Morgan fingerprint density at radius 1 is 1.19 bits per heavy atom. The van der Waals surface area contributed by atoms with E-state index in [0.717, 1.165) is 17.8 Å². The average molecular weight is 290 g/mol. The highest BCUT2D eigenvalue weighted by Crippen LogP contribution is 2.63. The van der Waals surface area contributed by atoms with Crippen LogP contribution in [0.15, 0.2) is 12.7 Å². The molecule has 4 fully saturated rings. The minimum absolute atomic E-state index is 0.256. The lowest BCUT2D eigenvalue weighted by molar-refractivity contribution is -0.147. The quantitative estimate of drug-likeness (QED) is 0.528. The first-order valence-corrected chi connectivity index (χ1v) is 8.80. The van der Waals surface area contributed by atoms with Crippen LogP contribution in [0.25, 0.3) is 0 Å². The topological polar surface area (TPSA) is 26.3 Å². The summed E-state index contributed by atoms with van der Waals surface area (Å²) in [6.07, 6.45) is 11.1. The molecule has 0 N–H and O–H groups in total. The molecule has 21 heavy (non-hydrogen) atoms. The Labute approximate surface area is 129 Å². The summed E-state index contributed by atoms with van der Waals surface area (Å²) < 4.78 is 5.49. The van der Waals surface area contributed by atoms with Crippen molar-refractivity contribution in [3.63, 3.8) is 0 Å². The lowest BCUT2D eigenvalue weighted by Gasteiger charge is -2.59. The van der Waals surface area contributed by atoms with Gasteiger partial charge in [0.15, 0.2) is 0 Å². The van der Waals surface area contributed by atoms with Gasteiger partial charge in [-0.25, -0.2) is 4.79 Å². The standard InChI is InChI=1S/C19H30O2/c1-4-18(20)21-12-17(5-13(2)3)19-9-14-6-15(10-19)8-16(7-14)11-19/h4,13-17H,1,5-12H2,2-3H3. The SMILES string of the molecule is C=CC(=O)OCC(CC(C)C)C12CC3CC(CC(C3)C1)C2. The van der Waals surface area contributed by atoms with Gasteiger partial charge in [-0.15, -0.1) is 0 Å². The van der Waals surface area contributed by atoms with Gasteiger partial charge in [0, 0.05) is 6.08 Å². The van der Waals surface area contributed by atoms with Crippen LogP contribution in [0, 0.1) is 35.0 Å². The smallest absolute Gasteiger partial charge is 0.330 e. The van der Waals surface area contributed by atoms with Crippen LogP contribution in [0.2, 0.25) is 0 Å². The summed E-state index contributed by atoms with van der Waals surface area (Å²) in [5.74, 6) is 3.84. The van der Waals surface area contributed by atoms with Crippen molar-refractivity contribution < 1.29 is 9.53 Å². The van der Waals surface area contributed by atoms with E-state index in [2.05, 4.69) is 20.4 Å². The second-order valence-corrected chi connectivity index (χ2v) is 8.44. The van der Waals surface area contributed by atoms with E-state index in [1.165, 1.54) is 51.0 Å². The number of rotatable bonds is 6. The summed E-state index contributed by atoms with van der Waals surface area (Å²) in [7, 11) is 0. The van der Waals surface area contributed by atoms with Crippen molar-refractivity contribution in [1.29, 1.82) is 0 Å². The van der Waals surface area contributed by atoms with Crippen molar-refractivity contribution in [1.82, 2.24) is 0 Å². The first-order valence-electron chi connectivity index (χ1n) is 8.80. The van der Waals surface area contributed by atoms with Gasteiger partial charge in [0.05, 0.1) is 6.61 Å². The molecule has 0 spiro atoms. The second-order valence-electron chi connectivity index (χ2n) is 8.44. The van der Waals surface area contributed by atoms with Gasteiger partial charge < -0.3 is 4.74 Å². The largest absolute Gasteiger partial charge is 0.462 e. The third kappa shape index (κ3) is 3.05. The molecule has 4 aliphatic carbocycles. The van der Waals surface area contributed by atoms with Crippen LogP contribution in [0.3, 0.4) is 0 Å². The van der Waals surface area contributed by atoms with E-state index in [1.54, 1.807) is 0 Å². The van der Waals surface area contributed by atoms with Crippen molar-refractivity contribution >= 4 is 5.97 Å². The molecule has 4 bridgehead atoms. The van der Waals surface area contributed by atoms with Crippen LogP contribution in [0.1, 0.15) is 58.8 Å². The van der Waals surface area contributed by atoms with Crippen molar-refractivity contribution in [2.24, 2.45) is 35.0 Å². The van der Waals surface area contributed by atoms with Gasteiger partial charge in [-0.3, -0.25) is 0 Å². The lowest BCUT2D eigenvalue weighted by atomic mass is 9.46. The van der Waals surface area contributed by atoms with Crippen LogP contribution in [0.5, 0.6) is 0 Å². The molecule has 0 heterocycles. The molecule has 4 aliphatic rings. The fourth-order valence-electron chi connectivity index (χ4n) is 5.98. The van der Waals surface area contributed by atoms with E-state index < -0.39 is 0 Å². The van der Waals surface area contributed by atoms with Gasteiger partial charge in [-0.1, -0.05) is 20.4 Å². The van der Waals surface area contributed by atoms with Crippen LogP contribution in [-0.4, -0.2) is 12.6 Å². The van der Waals surface area contributed by atoms with Crippen LogP contribution < -0.4 is 0 Å². The molecular formula is C19H30O2. The summed E-state index contributed by atoms with van der Waals surface area (Å²) >= 11 is 0. The molecule has 0 aromatic heterocycles. The van der Waals surface area contributed by atoms with Gasteiger partial charge in [-0.2, -0.15) is 0 Å². The highest BCUT2D eigenvalue weighted by atomic mass is 16.5. The summed E-state index contributed by atoms with van der Waals surface area (Å²) in [5, 5.41) is 0. The van der Waals surface area contributed by atoms with Crippen molar-refractivity contribution in [2.75, 3.05) is 6.61 Å². The summed E-state index contributed by atoms with van der Waals surface area (Å²) in [6.45, 7) is 8.71. The highest BCUT2D eigenvalue weighted by Gasteiger charge is 2.54. The third-order valence-electron chi connectivity index (χ3n) is 6.30. The molecular weight excluding hydrogens is 260 g/mol. The van der Waals surface area contributed by atoms with Gasteiger partial charge in [0.2, 0.25) is 0 Å². The molecule has 0 saturated heterocycles. The molecule has 1 atom stereocenters. The molecule has 0 amide bonds. The Bertz CT molecular complexity index is 375. The number of carbonyl (C=O) groups excluding carboxylic acids is 1. The Balaban J connectivity index is 1.75. The van der Waals surface area contributed by atoms with Crippen LogP contribution >= 0.6 is 0 Å². The molecule has 0 aromatic carbocycles. The normalized spacial score (nSPS) is 38.5. The molecule has 0 radical (unpaired) electrons. The molecule has 0 aliphatic heterocycles. The number of hydrogen-bond donors (Lipinski definition) is 0. The van der Waals surface area contributed by atoms with Crippen molar-refractivity contribution in [3.8, 4) is 0 Å². The van der Waals surface area contributed by atoms with E-state index in [0.29, 0.717) is 23.9 Å². The van der Waals surface area contributed by atoms with E-state index in [1.807, 2.05) is 0 Å². The molecule has 1 unspecified atom stereocenters. The Kier molecular flexibility index (Phi) is 4.16. The van der Waals surface area contributed by atoms with Gasteiger partial charge in [0.25, 0.3) is 0 Å². The lowest BCUT2D eigenvalue weighted by Crippen LogP contribution is -2.51. The van der Waals surface area contributed by atoms with E-state index in [9.17, 15) is 4.79 Å². The minimum Gasteiger partial charge on any atom is -0.462 e. The van der Waals surface area contributed by atoms with Crippen LogP contribution in [0.4, 0.5) is 0 Å². The van der Waals surface area contributed by atoms with Crippen molar-refractivity contribution in [3.05, 3.63) is 12.7 Å². The molecule has 118 valence electrons. The maximum absolute atomic E-state index is 11.5. The minimum atomic E-state index is -0.256. The fourth-order valence-corrected chi connectivity index (χ4v) is 5.98. The number of esters is 1. The summed E-state index contributed by atoms with van der Waals surface area (Å²) in [5.41, 5.74) is 0.473. The first-order chi connectivity index (χ1) is 10.0. The van der Waals surface area contributed by atoms with Crippen LogP contribution in [-0.2, 0) is 9.53 Å². The average Bonchev–Trinajstić information content (AvgIpc) is 2.41. The number of carbonyl (C=O) groups is 1. The molecule has 2 heteroatoms. The summed E-state index contributed by atoms with van der Waals surface area (Å²) in [4.78, 5) is 11.5.